The van der Waals surface area contributed by atoms with Gasteiger partial charge in [-0.2, -0.15) is 0 Å². The zero-order chi connectivity index (χ0) is 11.2. The van der Waals surface area contributed by atoms with E-state index in [-0.39, 0.29) is 10.3 Å². The van der Waals surface area contributed by atoms with E-state index in [1.807, 2.05) is 0 Å². The van der Waals surface area contributed by atoms with Gasteiger partial charge in [0.15, 0.2) is 10.7 Å². The summed E-state index contributed by atoms with van der Waals surface area (Å²) in [6, 6.07) is 0. The van der Waals surface area contributed by atoms with Crippen LogP contribution in [0.4, 0.5) is 0 Å². The van der Waals surface area contributed by atoms with Crippen LogP contribution in [0.3, 0.4) is 0 Å². The Morgan fingerprint density at radius 2 is 2.00 bits per heavy atom. The molecule has 0 saturated heterocycles. The second kappa shape index (κ2) is 3.58. The third kappa shape index (κ3) is 1.84. The third-order valence-corrected chi connectivity index (χ3v) is 3.75. The van der Waals surface area contributed by atoms with E-state index in [1.54, 1.807) is 0 Å². The fourth-order valence-corrected chi connectivity index (χ4v) is 2.63. The molecule has 0 amide bonds. The Morgan fingerprint density at radius 1 is 1.33 bits per heavy atom. The Kier molecular flexibility index (Phi) is 2.66. The van der Waals surface area contributed by atoms with Crippen LogP contribution < -0.4 is 0 Å². The summed E-state index contributed by atoms with van der Waals surface area (Å²) in [6.07, 6.45) is 2.55. The zero-order valence-corrected chi connectivity index (χ0v) is 10.8. The molecule has 0 aliphatic rings. The standard InChI is InChI=1S/C6H2BrCl2N3O2S/c7-3-1-11-6(8)12-4(15(9,13)14)2-10-5(3)12/h1-2H. The number of imidazole rings is 1. The smallest absolute Gasteiger partial charge is 0.255 e. The minimum atomic E-state index is -3.90. The highest BCUT2D eigenvalue weighted by Crippen LogP contribution is 2.24. The molecule has 0 bridgehead atoms. The van der Waals surface area contributed by atoms with Gasteiger partial charge in [0.1, 0.15) is 0 Å². The van der Waals surface area contributed by atoms with Crippen molar-refractivity contribution in [2.24, 2.45) is 0 Å². The Labute approximate surface area is 103 Å². The van der Waals surface area contributed by atoms with Gasteiger partial charge < -0.3 is 0 Å². The average molecular weight is 331 g/mol. The van der Waals surface area contributed by atoms with E-state index in [4.69, 9.17) is 22.3 Å². The molecule has 2 heterocycles. The SMILES string of the molecule is O=S(=O)(Cl)c1cnc2c(Br)cnc(Cl)n12. The Morgan fingerprint density at radius 3 is 2.60 bits per heavy atom. The highest BCUT2D eigenvalue weighted by atomic mass is 79.9. The normalized spacial score (nSPS) is 12.2. The predicted molar refractivity (Wildman–Crippen MR) is 58.7 cm³/mol. The topological polar surface area (TPSA) is 64.3 Å². The second-order valence-electron chi connectivity index (χ2n) is 2.57. The van der Waals surface area contributed by atoms with Gasteiger partial charge in [0.05, 0.1) is 10.7 Å². The maximum atomic E-state index is 11.2. The van der Waals surface area contributed by atoms with Crippen LogP contribution >= 0.6 is 38.2 Å². The predicted octanol–water partition coefficient (Wildman–Crippen LogP) is 2.07. The van der Waals surface area contributed by atoms with Crippen molar-refractivity contribution in [1.29, 1.82) is 0 Å². The molecular weight excluding hydrogens is 329 g/mol. The van der Waals surface area contributed by atoms with Gasteiger partial charge in [-0.05, 0) is 27.5 Å². The van der Waals surface area contributed by atoms with E-state index in [9.17, 15) is 8.42 Å². The molecule has 2 rings (SSSR count). The summed E-state index contributed by atoms with van der Waals surface area (Å²) in [5, 5.41) is -0.233. The first-order valence-corrected chi connectivity index (χ1v) is 7.01. The molecule has 0 aromatic carbocycles. The molecule has 0 aliphatic heterocycles. The Bertz CT molecular complexity index is 639. The molecule has 9 heteroatoms. The molecule has 0 spiro atoms. The summed E-state index contributed by atoms with van der Waals surface area (Å²) in [7, 11) is 1.31. The van der Waals surface area contributed by atoms with Gasteiger partial charge >= 0.3 is 0 Å². The van der Waals surface area contributed by atoms with Crippen LogP contribution in [-0.4, -0.2) is 22.8 Å². The molecule has 0 atom stereocenters. The van der Waals surface area contributed by atoms with Gasteiger partial charge in [0, 0.05) is 16.9 Å². The van der Waals surface area contributed by atoms with Crippen LogP contribution in [0.15, 0.2) is 21.9 Å². The first-order valence-electron chi connectivity index (χ1n) is 3.53. The fraction of sp³-hybridized carbons (Fsp3) is 0. The third-order valence-electron chi connectivity index (χ3n) is 1.66. The summed E-state index contributed by atoms with van der Waals surface area (Å²) < 4.78 is 24.0. The van der Waals surface area contributed by atoms with E-state index >= 15 is 0 Å². The summed E-state index contributed by atoms with van der Waals surface area (Å²) in [5.41, 5.74) is 0.342. The van der Waals surface area contributed by atoms with Crippen molar-refractivity contribution < 1.29 is 8.42 Å². The van der Waals surface area contributed by atoms with Gasteiger partial charge in [0.2, 0.25) is 5.28 Å². The minimum Gasteiger partial charge on any atom is -0.255 e. The number of nitrogens with zero attached hydrogens (tertiary/aromatic N) is 3. The van der Waals surface area contributed by atoms with Crippen LogP contribution in [0.2, 0.25) is 5.28 Å². The molecule has 0 saturated carbocycles. The molecule has 0 unspecified atom stereocenters. The molecule has 0 aliphatic carbocycles. The van der Waals surface area contributed by atoms with Gasteiger partial charge in [-0.15, -0.1) is 0 Å². The first kappa shape index (κ1) is 11.1. The number of hydrogen-bond acceptors (Lipinski definition) is 4. The molecule has 2 aromatic rings. The van der Waals surface area contributed by atoms with Gasteiger partial charge in [-0.3, -0.25) is 4.40 Å². The van der Waals surface area contributed by atoms with Crippen molar-refractivity contribution in [2.45, 2.75) is 5.03 Å². The minimum absolute atomic E-state index is 0.0232. The molecule has 80 valence electrons. The first-order chi connectivity index (χ1) is 6.91. The molecule has 5 nitrogen and oxygen atoms in total. The molecular formula is C6H2BrCl2N3O2S. The number of fused-ring (bicyclic) bond motifs is 1. The van der Waals surface area contributed by atoms with Crippen molar-refractivity contribution in [3.63, 3.8) is 0 Å². The number of rotatable bonds is 1. The Hall–Kier alpha value is -0.370. The van der Waals surface area contributed by atoms with Crippen LogP contribution in [0.25, 0.3) is 5.65 Å². The lowest BCUT2D eigenvalue weighted by molar-refractivity contribution is 0.605. The van der Waals surface area contributed by atoms with Crippen molar-refractivity contribution in [3.8, 4) is 0 Å². The zero-order valence-electron chi connectivity index (χ0n) is 6.85. The van der Waals surface area contributed by atoms with Crippen LogP contribution in [0.1, 0.15) is 0 Å². The van der Waals surface area contributed by atoms with E-state index < -0.39 is 9.05 Å². The number of aromatic nitrogens is 3. The highest BCUT2D eigenvalue weighted by Gasteiger charge is 2.19. The van der Waals surface area contributed by atoms with Gasteiger partial charge in [0.25, 0.3) is 9.05 Å². The number of halogens is 3. The average Bonchev–Trinajstić information content (AvgIpc) is 2.55. The van der Waals surface area contributed by atoms with Gasteiger partial charge in [-0.1, -0.05) is 0 Å². The van der Waals surface area contributed by atoms with Gasteiger partial charge in [-0.25, -0.2) is 18.4 Å². The van der Waals surface area contributed by atoms with E-state index in [2.05, 4.69) is 25.9 Å². The molecule has 0 N–H and O–H groups in total. The molecule has 2 aromatic heterocycles. The van der Waals surface area contributed by atoms with Crippen molar-refractivity contribution in [2.75, 3.05) is 0 Å². The quantitative estimate of drug-likeness (QED) is 0.593. The summed E-state index contributed by atoms with van der Waals surface area (Å²) in [6.45, 7) is 0. The highest BCUT2D eigenvalue weighted by molar-refractivity contribution is 9.10. The van der Waals surface area contributed by atoms with E-state index in [1.165, 1.54) is 6.20 Å². The number of hydrogen-bond donors (Lipinski definition) is 0. The molecule has 0 radical (unpaired) electrons. The maximum absolute atomic E-state index is 11.2. The summed E-state index contributed by atoms with van der Waals surface area (Å²) >= 11 is 8.92. The van der Waals surface area contributed by atoms with Crippen molar-refractivity contribution >= 4 is 52.9 Å². The fourth-order valence-electron chi connectivity index (χ4n) is 1.08. The molecule has 0 fully saturated rings. The largest absolute Gasteiger partial charge is 0.278 e. The monoisotopic (exact) mass is 329 g/mol. The van der Waals surface area contributed by atoms with Crippen molar-refractivity contribution in [1.82, 2.24) is 14.4 Å². The lowest BCUT2D eigenvalue weighted by atomic mass is 10.6. The Balaban J connectivity index is 2.98. The van der Waals surface area contributed by atoms with Crippen LogP contribution in [0, 0.1) is 0 Å². The molecule has 15 heavy (non-hydrogen) atoms. The van der Waals surface area contributed by atoms with E-state index in [0.717, 1.165) is 10.6 Å². The summed E-state index contributed by atoms with van der Waals surface area (Å²) in [5.74, 6) is 0. The van der Waals surface area contributed by atoms with Crippen LogP contribution in [-0.2, 0) is 9.05 Å². The lowest BCUT2D eigenvalue weighted by Gasteiger charge is -2.00. The summed E-state index contributed by atoms with van der Waals surface area (Å²) in [4.78, 5) is 7.65. The van der Waals surface area contributed by atoms with Crippen molar-refractivity contribution in [3.05, 3.63) is 22.1 Å². The van der Waals surface area contributed by atoms with E-state index in [0.29, 0.717) is 10.1 Å². The lowest BCUT2D eigenvalue weighted by Crippen LogP contribution is -1.99. The maximum Gasteiger partial charge on any atom is 0.278 e. The van der Waals surface area contributed by atoms with Crippen LogP contribution in [0.5, 0.6) is 0 Å². The second-order valence-corrected chi connectivity index (χ2v) is 6.27.